The van der Waals surface area contributed by atoms with Gasteiger partial charge in [0.15, 0.2) is 0 Å². The van der Waals surface area contributed by atoms with Crippen LogP contribution in [-0.2, 0) is 0 Å². The summed E-state index contributed by atoms with van der Waals surface area (Å²) in [6.07, 6.45) is 6.78. The molecule has 1 atom stereocenters. The predicted molar refractivity (Wildman–Crippen MR) is 82.6 cm³/mol. The minimum Gasteiger partial charge on any atom is -0.319 e. The van der Waals surface area contributed by atoms with Crippen molar-refractivity contribution in [1.29, 1.82) is 0 Å². The van der Waals surface area contributed by atoms with E-state index in [9.17, 15) is 0 Å². The van der Waals surface area contributed by atoms with Crippen LogP contribution in [-0.4, -0.2) is 62.2 Å². The van der Waals surface area contributed by atoms with Crippen molar-refractivity contribution < 1.29 is 0 Å². The lowest BCUT2D eigenvalue weighted by Gasteiger charge is -2.38. The van der Waals surface area contributed by atoms with Gasteiger partial charge in [-0.1, -0.05) is 13.8 Å². The maximum absolute atomic E-state index is 3.42. The van der Waals surface area contributed by atoms with Gasteiger partial charge >= 0.3 is 0 Å². The van der Waals surface area contributed by atoms with Gasteiger partial charge in [0.05, 0.1) is 0 Å². The zero-order chi connectivity index (χ0) is 13.7. The van der Waals surface area contributed by atoms with Gasteiger partial charge in [0.1, 0.15) is 0 Å². The van der Waals surface area contributed by atoms with Crippen LogP contribution in [0.4, 0.5) is 0 Å². The molecule has 1 unspecified atom stereocenters. The lowest BCUT2D eigenvalue weighted by Crippen LogP contribution is -2.45. The third-order valence-electron chi connectivity index (χ3n) is 5.50. The first-order chi connectivity index (χ1) is 9.23. The van der Waals surface area contributed by atoms with Crippen LogP contribution in [0, 0.1) is 5.41 Å². The van der Waals surface area contributed by atoms with Gasteiger partial charge in [-0.15, -0.1) is 0 Å². The number of rotatable bonds is 6. The molecule has 0 bridgehead atoms. The summed E-state index contributed by atoms with van der Waals surface area (Å²) >= 11 is 0. The third kappa shape index (κ3) is 3.71. The van der Waals surface area contributed by atoms with Crippen molar-refractivity contribution in [3.63, 3.8) is 0 Å². The molecule has 0 aromatic heterocycles. The molecule has 0 aromatic rings. The minimum absolute atomic E-state index is 0.475. The Morgan fingerprint density at radius 1 is 1.11 bits per heavy atom. The van der Waals surface area contributed by atoms with E-state index in [-0.39, 0.29) is 0 Å². The number of nitrogens with zero attached hydrogens (tertiary/aromatic N) is 2. The Morgan fingerprint density at radius 3 is 2.53 bits per heavy atom. The van der Waals surface area contributed by atoms with Crippen LogP contribution in [0.15, 0.2) is 0 Å². The normalized spacial score (nSPS) is 26.4. The molecule has 2 fully saturated rings. The van der Waals surface area contributed by atoms with E-state index in [0.717, 1.165) is 12.6 Å². The molecule has 112 valence electrons. The molecule has 0 aliphatic carbocycles. The van der Waals surface area contributed by atoms with Crippen molar-refractivity contribution in [3.8, 4) is 0 Å². The Bertz CT molecular complexity index is 263. The molecule has 2 aliphatic rings. The maximum atomic E-state index is 3.42. The van der Waals surface area contributed by atoms with Crippen molar-refractivity contribution in [1.82, 2.24) is 15.1 Å². The second-order valence-electron chi connectivity index (χ2n) is 6.66. The lowest BCUT2D eigenvalue weighted by atomic mass is 9.81. The van der Waals surface area contributed by atoms with Crippen LogP contribution >= 0.6 is 0 Å². The van der Waals surface area contributed by atoms with E-state index in [0.29, 0.717) is 5.41 Å². The van der Waals surface area contributed by atoms with Gasteiger partial charge < -0.3 is 10.2 Å². The molecule has 2 rings (SSSR count). The Labute approximate surface area is 119 Å². The van der Waals surface area contributed by atoms with Crippen molar-refractivity contribution in [2.75, 3.05) is 46.3 Å². The fourth-order valence-corrected chi connectivity index (χ4v) is 4.06. The molecule has 1 N–H and O–H groups in total. The van der Waals surface area contributed by atoms with E-state index in [1.165, 1.54) is 64.8 Å². The summed E-state index contributed by atoms with van der Waals surface area (Å²) in [4.78, 5) is 5.50. The van der Waals surface area contributed by atoms with Gasteiger partial charge in [0.2, 0.25) is 0 Å². The standard InChI is InChI=1S/C16H33N3/c1-4-16(5-2,13-17-3)14-18-9-7-11-19-10-6-8-15(19)12-18/h15,17H,4-14H2,1-3H3. The Morgan fingerprint density at radius 2 is 1.84 bits per heavy atom. The van der Waals surface area contributed by atoms with Gasteiger partial charge in [-0.05, 0) is 64.2 Å². The molecule has 0 amide bonds. The highest BCUT2D eigenvalue weighted by molar-refractivity contribution is 4.89. The van der Waals surface area contributed by atoms with Crippen LogP contribution in [0.3, 0.4) is 0 Å². The largest absolute Gasteiger partial charge is 0.319 e. The highest BCUT2D eigenvalue weighted by Gasteiger charge is 2.33. The van der Waals surface area contributed by atoms with Gasteiger partial charge in [-0.3, -0.25) is 4.90 Å². The molecule has 2 aliphatic heterocycles. The summed E-state index contributed by atoms with van der Waals surface area (Å²) in [7, 11) is 2.10. The zero-order valence-corrected chi connectivity index (χ0v) is 13.2. The fourth-order valence-electron chi connectivity index (χ4n) is 4.06. The Balaban J connectivity index is 1.96. The molecule has 0 spiro atoms. The second kappa shape index (κ2) is 7.05. The molecule has 2 saturated heterocycles. The van der Waals surface area contributed by atoms with Crippen LogP contribution in [0.2, 0.25) is 0 Å². The smallest absolute Gasteiger partial charge is 0.0223 e. The fraction of sp³-hybridized carbons (Fsp3) is 1.00. The molecular weight excluding hydrogens is 234 g/mol. The molecule has 0 saturated carbocycles. The second-order valence-corrected chi connectivity index (χ2v) is 6.66. The van der Waals surface area contributed by atoms with Crippen molar-refractivity contribution in [3.05, 3.63) is 0 Å². The number of hydrogen-bond donors (Lipinski definition) is 1. The van der Waals surface area contributed by atoms with Crippen LogP contribution in [0.5, 0.6) is 0 Å². The van der Waals surface area contributed by atoms with Gasteiger partial charge in [-0.25, -0.2) is 0 Å². The van der Waals surface area contributed by atoms with Gasteiger partial charge in [0.25, 0.3) is 0 Å². The van der Waals surface area contributed by atoms with E-state index < -0.39 is 0 Å². The average molecular weight is 267 g/mol. The third-order valence-corrected chi connectivity index (χ3v) is 5.50. The first-order valence-electron chi connectivity index (χ1n) is 8.34. The predicted octanol–water partition coefficient (Wildman–Crippen LogP) is 2.18. The lowest BCUT2D eigenvalue weighted by molar-refractivity contribution is 0.127. The van der Waals surface area contributed by atoms with Crippen LogP contribution < -0.4 is 5.32 Å². The van der Waals surface area contributed by atoms with E-state index in [2.05, 4.69) is 36.0 Å². The Hall–Kier alpha value is -0.120. The molecule has 0 radical (unpaired) electrons. The van der Waals surface area contributed by atoms with Crippen molar-refractivity contribution in [2.24, 2.45) is 5.41 Å². The summed E-state index contributed by atoms with van der Waals surface area (Å²) in [5, 5.41) is 3.42. The number of fused-ring (bicyclic) bond motifs is 1. The van der Waals surface area contributed by atoms with Crippen molar-refractivity contribution >= 4 is 0 Å². The van der Waals surface area contributed by atoms with Crippen LogP contribution in [0.25, 0.3) is 0 Å². The molecule has 2 heterocycles. The molecular formula is C16H33N3. The highest BCUT2D eigenvalue weighted by atomic mass is 15.3. The molecule has 3 nitrogen and oxygen atoms in total. The van der Waals surface area contributed by atoms with Gasteiger partial charge in [-0.2, -0.15) is 0 Å². The first-order valence-corrected chi connectivity index (χ1v) is 8.34. The molecule has 3 heteroatoms. The maximum Gasteiger partial charge on any atom is 0.0223 e. The van der Waals surface area contributed by atoms with Crippen molar-refractivity contribution in [2.45, 2.75) is 52.0 Å². The summed E-state index contributed by atoms with van der Waals surface area (Å²) in [5.41, 5.74) is 0.475. The van der Waals surface area contributed by atoms with E-state index in [1.54, 1.807) is 0 Å². The van der Waals surface area contributed by atoms with Gasteiger partial charge in [0, 0.05) is 25.7 Å². The minimum atomic E-state index is 0.475. The topological polar surface area (TPSA) is 18.5 Å². The Kier molecular flexibility index (Phi) is 5.67. The first kappa shape index (κ1) is 15.3. The molecule has 0 aromatic carbocycles. The quantitative estimate of drug-likeness (QED) is 0.796. The summed E-state index contributed by atoms with van der Waals surface area (Å²) in [6.45, 7) is 12.5. The van der Waals surface area contributed by atoms with E-state index in [4.69, 9.17) is 0 Å². The number of nitrogens with one attached hydrogen (secondary N) is 1. The summed E-state index contributed by atoms with van der Waals surface area (Å²) in [6, 6.07) is 0.850. The SMILES string of the molecule is CCC(CC)(CNC)CN1CCCN2CCCC2C1. The van der Waals surface area contributed by atoms with E-state index in [1.807, 2.05) is 0 Å². The zero-order valence-electron chi connectivity index (χ0n) is 13.2. The highest BCUT2D eigenvalue weighted by Crippen LogP contribution is 2.29. The monoisotopic (exact) mass is 267 g/mol. The summed E-state index contributed by atoms with van der Waals surface area (Å²) < 4.78 is 0. The summed E-state index contributed by atoms with van der Waals surface area (Å²) in [5.74, 6) is 0. The van der Waals surface area contributed by atoms with Crippen LogP contribution in [0.1, 0.15) is 46.0 Å². The average Bonchev–Trinajstić information content (AvgIpc) is 2.77. The number of hydrogen-bond acceptors (Lipinski definition) is 3. The molecule has 19 heavy (non-hydrogen) atoms. The van der Waals surface area contributed by atoms with E-state index >= 15 is 0 Å².